The lowest BCUT2D eigenvalue weighted by Crippen LogP contribution is -2.86. The molecule has 0 saturated carbocycles. The molecule has 2 nitrogen and oxygen atoms in total. The highest BCUT2D eigenvalue weighted by atomic mass is 35.5. The summed E-state index contributed by atoms with van der Waals surface area (Å²) in [6.07, 6.45) is 3.87. The number of rotatable bonds is 2. The number of methoxy groups -OCH3 is 1. The first-order chi connectivity index (χ1) is 7.31. The van der Waals surface area contributed by atoms with Crippen molar-refractivity contribution in [3.8, 4) is 5.75 Å². The van der Waals surface area contributed by atoms with Gasteiger partial charge in [-0.3, -0.25) is 0 Å². The molecule has 0 unspecified atom stereocenters. The van der Waals surface area contributed by atoms with Crippen molar-refractivity contribution in [1.29, 1.82) is 0 Å². The Morgan fingerprint density at radius 2 is 2.27 bits per heavy atom. The van der Waals surface area contributed by atoms with Gasteiger partial charge in [0.2, 0.25) is 0 Å². The molecule has 1 atom stereocenters. The summed E-state index contributed by atoms with van der Waals surface area (Å²) in [4.78, 5) is 0. The smallest absolute Gasteiger partial charge is 0.129 e. The van der Waals surface area contributed by atoms with E-state index in [-0.39, 0.29) is 0 Å². The molecule has 0 bridgehead atoms. The minimum atomic E-state index is 0.547. The van der Waals surface area contributed by atoms with Crippen LogP contribution in [0.25, 0.3) is 0 Å². The summed E-state index contributed by atoms with van der Waals surface area (Å²) in [5, 5.41) is 3.14. The van der Waals surface area contributed by atoms with Gasteiger partial charge in [0.25, 0.3) is 0 Å². The van der Waals surface area contributed by atoms with Gasteiger partial charge in [0.1, 0.15) is 11.8 Å². The Bertz CT molecular complexity index is 334. The molecule has 1 aromatic rings. The van der Waals surface area contributed by atoms with Crippen molar-refractivity contribution in [3.63, 3.8) is 0 Å². The van der Waals surface area contributed by atoms with E-state index in [0.717, 1.165) is 10.8 Å². The quantitative estimate of drug-likeness (QED) is 0.822. The molecule has 2 N–H and O–H groups in total. The number of ether oxygens (including phenoxy) is 1. The second-order valence-electron chi connectivity index (χ2n) is 4.01. The van der Waals surface area contributed by atoms with Crippen LogP contribution in [0.15, 0.2) is 18.2 Å². The van der Waals surface area contributed by atoms with Crippen LogP contribution < -0.4 is 10.1 Å². The number of benzene rings is 1. The van der Waals surface area contributed by atoms with Gasteiger partial charge < -0.3 is 10.1 Å². The van der Waals surface area contributed by atoms with Crippen LogP contribution in [0, 0.1) is 0 Å². The molecule has 3 heteroatoms. The summed E-state index contributed by atoms with van der Waals surface area (Å²) in [5.41, 5.74) is 1.28. The minimum Gasteiger partial charge on any atom is -0.496 e. The van der Waals surface area contributed by atoms with Crippen LogP contribution in [0.4, 0.5) is 0 Å². The number of halogens is 1. The van der Waals surface area contributed by atoms with Gasteiger partial charge in [-0.05, 0) is 31.0 Å². The predicted molar refractivity (Wildman–Crippen MR) is 61.4 cm³/mol. The minimum absolute atomic E-state index is 0.547. The maximum absolute atomic E-state index is 5.94. The monoisotopic (exact) mass is 226 g/mol. The molecule has 1 heterocycles. The molecular formula is C12H17ClNO+. The Balaban J connectivity index is 2.25. The van der Waals surface area contributed by atoms with E-state index in [2.05, 4.69) is 11.4 Å². The Hall–Kier alpha value is -0.730. The van der Waals surface area contributed by atoms with Crippen LogP contribution in [0.3, 0.4) is 0 Å². The van der Waals surface area contributed by atoms with Crippen LogP contribution >= 0.6 is 11.6 Å². The molecule has 2 rings (SSSR count). The van der Waals surface area contributed by atoms with E-state index in [0.29, 0.717) is 6.04 Å². The fourth-order valence-corrected chi connectivity index (χ4v) is 2.38. The zero-order valence-corrected chi connectivity index (χ0v) is 9.76. The van der Waals surface area contributed by atoms with E-state index in [1.165, 1.54) is 31.4 Å². The SMILES string of the molecule is COc1cc(Cl)ccc1[C@H]1CCCC[NH2+]1. The van der Waals surface area contributed by atoms with E-state index in [4.69, 9.17) is 16.3 Å². The predicted octanol–water partition coefficient (Wildman–Crippen LogP) is 2.14. The Morgan fingerprint density at radius 3 is 2.93 bits per heavy atom. The Morgan fingerprint density at radius 1 is 1.40 bits per heavy atom. The lowest BCUT2D eigenvalue weighted by atomic mass is 9.97. The van der Waals surface area contributed by atoms with Gasteiger partial charge in [0.15, 0.2) is 0 Å². The second-order valence-corrected chi connectivity index (χ2v) is 4.45. The largest absolute Gasteiger partial charge is 0.496 e. The summed E-state index contributed by atoms with van der Waals surface area (Å²) in [5.74, 6) is 0.922. The van der Waals surface area contributed by atoms with Gasteiger partial charge >= 0.3 is 0 Å². The van der Waals surface area contributed by atoms with Crippen molar-refractivity contribution in [2.45, 2.75) is 25.3 Å². The molecule has 0 radical (unpaired) electrons. The third-order valence-electron chi connectivity index (χ3n) is 3.02. The molecule has 0 spiro atoms. The van der Waals surface area contributed by atoms with Crippen molar-refractivity contribution < 1.29 is 10.1 Å². The van der Waals surface area contributed by atoms with Gasteiger partial charge in [0, 0.05) is 11.4 Å². The standard InChI is InChI=1S/C12H16ClNO/c1-15-12-8-9(13)5-6-10(12)11-4-2-3-7-14-11/h5-6,8,11,14H,2-4,7H2,1H3/p+1/t11-/m1/s1. The van der Waals surface area contributed by atoms with Crippen molar-refractivity contribution >= 4 is 11.6 Å². The molecule has 1 fully saturated rings. The lowest BCUT2D eigenvalue weighted by Gasteiger charge is -2.22. The first-order valence-electron chi connectivity index (χ1n) is 5.48. The maximum Gasteiger partial charge on any atom is 0.129 e. The molecule has 1 saturated heterocycles. The van der Waals surface area contributed by atoms with Crippen LogP contribution in [0.5, 0.6) is 5.75 Å². The normalized spacial score (nSPS) is 21.3. The van der Waals surface area contributed by atoms with Crippen molar-refractivity contribution in [2.24, 2.45) is 0 Å². The van der Waals surface area contributed by atoms with Crippen LogP contribution in [0.1, 0.15) is 30.9 Å². The first kappa shape index (κ1) is 10.8. The molecule has 0 amide bonds. The van der Waals surface area contributed by atoms with Gasteiger partial charge in [0.05, 0.1) is 19.2 Å². The number of nitrogens with two attached hydrogens (primary N) is 1. The Kier molecular flexibility index (Phi) is 3.49. The highest BCUT2D eigenvalue weighted by Crippen LogP contribution is 2.29. The van der Waals surface area contributed by atoms with Crippen molar-refractivity contribution in [3.05, 3.63) is 28.8 Å². The topological polar surface area (TPSA) is 25.8 Å². The van der Waals surface area contributed by atoms with Crippen LogP contribution in [-0.2, 0) is 0 Å². The zero-order valence-electron chi connectivity index (χ0n) is 9.00. The zero-order chi connectivity index (χ0) is 10.7. The maximum atomic E-state index is 5.94. The molecule has 1 aromatic carbocycles. The van der Waals surface area contributed by atoms with E-state index < -0.39 is 0 Å². The fraction of sp³-hybridized carbons (Fsp3) is 0.500. The van der Waals surface area contributed by atoms with Gasteiger partial charge in [-0.2, -0.15) is 0 Å². The molecule has 1 aliphatic heterocycles. The van der Waals surface area contributed by atoms with Crippen LogP contribution in [-0.4, -0.2) is 13.7 Å². The average molecular weight is 227 g/mol. The second kappa shape index (κ2) is 4.86. The summed E-state index contributed by atoms with van der Waals surface area (Å²) in [7, 11) is 1.71. The molecule has 82 valence electrons. The van der Waals surface area contributed by atoms with Crippen molar-refractivity contribution in [1.82, 2.24) is 0 Å². The molecule has 0 aliphatic carbocycles. The summed E-state index contributed by atoms with van der Waals surface area (Å²) in [6.45, 7) is 1.22. The van der Waals surface area contributed by atoms with Gasteiger partial charge in [-0.1, -0.05) is 11.6 Å². The number of hydrogen-bond acceptors (Lipinski definition) is 1. The van der Waals surface area contributed by atoms with E-state index in [1.54, 1.807) is 7.11 Å². The number of piperidine rings is 1. The summed E-state index contributed by atoms with van der Waals surface area (Å²) in [6, 6.07) is 6.49. The lowest BCUT2D eigenvalue weighted by molar-refractivity contribution is -0.704. The third kappa shape index (κ3) is 2.44. The number of hydrogen-bond donors (Lipinski definition) is 1. The molecule has 0 aromatic heterocycles. The fourth-order valence-electron chi connectivity index (χ4n) is 2.22. The molecular weight excluding hydrogens is 210 g/mol. The average Bonchev–Trinajstić information content (AvgIpc) is 2.30. The van der Waals surface area contributed by atoms with E-state index in [9.17, 15) is 0 Å². The van der Waals surface area contributed by atoms with Gasteiger partial charge in [-0.25, -0.2) is 0 Å². The first-order valence-corrected chi connectivity index (χ1v) is 5.86. The summed E-state index contributed by atoms with van der Waals surface area (Å²) >= 11 is 5.94. The van der Waals surface area contributed by atoms with Gasteiger partial charge in [-0.15, -0.1) is 0 Å². The van der Waals surface area contributed by atoms with E-state index >= 15 is 0 Å². The Labute approximate surface area is 95.6 Å². The van der Waals surface area contributed by atoms with Crippen LogP contribution in [0.2, 0.25) is 5.02 Å². The number of quaternary nitrogens is 1. The highest BCUT2D eigenvalue weighted by molar-refractivity contribution is 6.30. The highest BCUT2D eigenvalue weighted by Gasteiger charge is 2.21. The third-order valence-corrected chi connectivity index (χ3v) is 3.25. The van der Waals surface area contributed by atoms with Crippen molar-refractivity contribution in [2.75, 3.05) is 13.7 Å². The molecule has 15 heavy (non-hydrogen) atoms. The molecule has 1 aliphatic rings. The van der Waals surface area contributed by atoms with E-state index in [1.807, 2.05) is 12.1 Å². The summed E-state index contributed by atoms with van der Waals surface area (Å²) < 4.78 is 5.37.